The second-order valence-electron chi connectivity index (χ2n) is 9.40. The second-order valence-corrected chi connectivity index (χ2v) is 9.40. The van der Waals surface area contributed by atoms with E-state index in [0.717, 1.165) is 18.7 Å². The highest BCUT2D eigenvalue weighted by Gasteiger charge is 2.34. The molecule has 1 amide bonds. The Labute approximate surface area is 173 Å². The van der Waals surface area contributed by atoms with Crippen LogP contribution in [0.1, 0.15) is 63.4 Å². The number of hydrogen-bond donors (Lipinski definition) is 1. The lowest BCUT2D eigenvalue weighted by atomic mass is 9.95. The van der Waals surface area contributed by atoms with Crippen LogP contribution in [0.2, 0.25) is 0 Å². The van der Waals surface area contributed by atoms with Crippen molar-refractivity contribution in [1.82, 2.24) is 20.0 Å². The van der Waals surface area contributed by atoms with Crippen molar-refractivity contribution in [3.63, 3.8) is 0 Å². The van der Waals surface area contributed by atoms with Gasteiger partial charge in [0.25, 0.3) is 0 Å². The Kier molecular flexibility index (Phi) is 5.15. The van der Waals surface area contributed by atoms with Gasteiger partial charge in [-0.2, -0.15) is 5.10 Å². The van der Waals surface area contributed by atoms with Crippen molar-refractivity contribution in [2.24, 2.45) is 0 Å². The molecule has 6 nitrogen and oxygen atoms in total. The van der Waals surface area contributed by atoms with Crippen LogP contribution in [0.25, 0.3) is 11.3 Å². The molecule has 29 heavy (non-hydrogen) atoms. The highest BCUT2D eigenvalue weighted by atomic mass is 16.6. The van der Waals surface area contributed by atoms with Crippen molar-refractivity contribution >= 4 is 6.09 Å². The van der Waals surface area contributed by atoms with Crippen LogP contribution < -0.4 is 5.32 Å². The van der Waals surface area contributed by atoms with E-state index in [-0.39, 0.29) is 12.1 Å². The van der Waals surface area contributed by atoms with Crippen LogP contribution in [0, 0.1) is 0 Å². The van der Waals surface area contributed by atoms with E-state index in [1.807, 2.05) is 25.7 Å². The summed E-state index contributed by atoms with van der Waals surface area (Å²) in [6.45, 7) is 12.9. The van der Waals surface area contributed by atoms with Gasteiger partial charge < -0.3 is 15.0 Å². The van der Waals surface area contributed by atoms with Gasteiger partial charge in [0, 0.05) is 30.8 Å². The molecular formula is C23H32N4O2. The summed E-state index contributed by atoms with van der Waals surface area (Å²) in [6, 6.07) is 8.89. The normalized spacial score (nSPS) is 19.1. The first-order valence-corrected chi connectivity index (χ1v) is 10.6. The van der Waals surface area contributed by atoms with E-state index >= 15 is 0 Å². The summed E-state index contributed by atoms with van der Waals surface area (Å²) in [5, 5.41) is 8.57. The third-order valence-electron chi connectivity index (χ3n) is 5.68. The predicted octanol–water partition coefficient (Wildman–Crippen LogP) is 4.11. The van der Waals surface area contributed by atoms with E-state index in [0.29, 0.717) is 25.6 Å². The zero-order chi connectivity index (χ0) is 20.8. The molecule has 0 saturated carbocycles. The molecule has 0 saturated heterocycles. The highest BCUT2D eigenvalue weighted by molar-refractivity contribution is 5.69. The smallest absolute Gasteiger partial charge is 0.410 e. The molecule has 0 fully saturated rings. The van der Waals surface area contributed by atoms with Crippen molar-refractivity contribution in [2.45, 2.75) is 65.1 Å². The minimum atomic E-state index is -0.489. The number of rotatable bonds is 2. The van der Waals surface area contributed by atoms with Crippen LogP contribution in [0.5, 0.6) is 0 Å². The van der Waals surface area contributed by atoms with Gasteiger partial charge in [-0.15, -0.1) is 0 Å². The van der Waals surface area contributed by atoms with Crippen LogP contribution in [0.15, 0.2) is 24.3 Å². The quantitative estimate of drug-likeness (QED) is 0.830. The van der Waals surface area contributed by atoms with Gasteiger partial charge in [-0.05, 0) is 38.7 Å². The summed E-state index contributed by atoms with van der Waals surface area (Å²) in [6.07, 6.45) is 0.709. The van der Waals surface area contributed by atoms with Crippen molar-refractivity contribution in [1.29, 1.82) is 0 Å². The fraction of sp³-hybridized carbons (Fsp3) is 0.565. The maximum Gasteiger partial charge on any atom is 0.410 e. The van der Waals surface area contributed by atoms with E-state index in [2.05, 4.69) is 48.1 Å². The summed E-state index contributed by atoms with van der Waals surface area (Å²) in [5.74, 6) is 0.522. The topological polar surface area (TPSA) is 59.4 Å². The Morgan fingerprint density at radius 2 is 1.93 bits per heavy atom. The molecule has 0 bridgehead atoms. The van der Waals surface area contributed by atoms with E-state index in [1.54, 1.807) is 0 Å². The fourth-order valence-corrected chi connectivity index (χ4v) is 4.22. The number of ether oxygens (including phenoxy) is 1. The number of benzene rings is 1. The van der Waals surface area contributed by atoms with Crippen LogP contribution in [0.4, 0.5) is 4.79 Å². The summed E-state index contributed by atoms with van der Waals surface area (Å²) >= 11 is 0. The number of carbonyl (C=O) groups excluding carboxylic acids is 1. The van der Waals surface area contributed by atoms with Crippen LogP contribution in [-0.2, 0) is 17.7 Å². The summed E-state index contributed by atoms with van der Waals surface area (Å²) in [7, 11) is 0. The second kappa shape index (κ2) is 7.48. The molecule has 2 aliphatic rings. The molecule has 3 heterocycles. The molecule has 0 spiro atoms. The lowest BCUT2D eigenvalue weighted by molar-refractivity contribution is 0.0235. The average Bonchev–Trinajstić information content (AvgIpc) is 2.92. The van der Waals surface area contributed by atoms with Gasteiger partial charge in [0.2, 0.25) is 0 Å². The van der Waals surface area contributed by atoms with E-state index in [1.165, 1.54) is 22.4 Å². The Bertz CT molecular complexity index is 893. The number of hydrogen-bond acceptors (Lipinski definition) is 4. The van der Waals surface area contributed by atoms with Gasteiger partial charge in [0.05, 0.1) is 24.0 Å². The predicted molar refractivity (Wildman–Crippen MR) is 114 cm³/mol. The van der Waals surface area contributed by atoms with Crippen LogP contribution in [-0.4, -0.2) is 46.0 Å². The van der Waals surface area contributed by atoms with Gasteiger partial charge in [0.1, 0.15) is 5.60 Å². The molecule has 1 N–H and O–H groups in total. The van der Waals surface area contributed by atoms with E-state index in [9.17, 15) is 4.79 Å². The van der Waals surface area contributed by atoms with Gasteiger partial charge in [0.15, 0.2) is 0 Å². The van der Waals surface area contributed by atoms with Crippen molar-refractivity contribution < 1.29 is 9.53 Å². The van der Waals surface area contributed by atoms with Gasteiger partial charge >= 0.3 is 6.09 Å². The Morgan fingerprint density at radius 3 is 2.59 bits per heavy atom. The monoisotopic (exact) mass is 396 g/mol. The first-order chi connectivity index (χ1) is 13.7. The molecule has 6 heteroatoms. The third-order valence-corrected chi connectivity index (χ3v) is 5.68. The molecule has 156 valence electrons. The highest BCUT2D eigenvalue weighted by Crippen LogP contribution is 2.34. The maximum atomic E-state index is 12.6. The Balaban J connectivity index is 1.62. The fourth-order valence-electron chi connectivity index (χ4n) is 4.22. The summed E-state index contributed by atoms with van der Waals surface area (Å²) in [5.41, 5.74) is 5.66. The summed E-state index contributed by atoms with van der Waals surface area (Å²) in [4.78, 5) is 14.4. The Hall–Kier alpha value is -2.34. The van der Waals surface area contributed by atoms with E-state index < -0.39 is 5.60 Å². The number of nitrogens with zero attached hydrogens (tertiary/aromatic N) is 3. The average molecular weight is 397 g/mol. The zero-order valence-corrected chi connectivity index (χ0v) is 18.2. The molecule has 2 aromatic rings. The zero-order valence-electron chi connectivity index (χ0n) is 18.2. The minimum Gasteiger partial charge on any atom is -0.444 e. The number of amides is 1. The molecule has 1 aromatic carbocycles. The molecule has 1 atom stereocenters. The Morgan fingerprint density at radius 1 is 1.21 bits per heavy atom. The lowest BCUT2D eigenvalue weighted by Crippen LogP contribution is -2.42. The SMILES string of the molecule is CC(C)c1ccc(-c2nn3c4c2CCN[C@@H]4CN(C(=O)OC(C)(C)C)CC3)cc1. The molecule has 0 aliphatic carbocycles. The number of aromatic nitrogens is 2. The molecule has 2 aliphatic heterocycles. The standard InChI is InChI=1S/C23H32N4O2/c1-15(2)16-6-8-17(9-7-16)20-18-10-11-24-19-14-26(22(28)29-23(3,4)5)12-13-27(25-20)21(18)19/h6-9,15,19,24H,10-14H2,1-5H3/t19-/m1/s1. The number of carbonyl (C=O) groups is 1. The number of nitrogens with one attached hydrogen (secondary N) is 1. The first-order valence-electron chi connectivity index (χ1n) is 10.6. The molecule has 4 rings (SSSR count). The molecular weight excluding hydrogens is 364 g/mol. The van der Waals surface area contributed by atoms with Crippen LogP contribution >= 0.6 is 0 Å². The molecule has 0 unspecified atom stereocenters. The van der Waals surface area contributed by atoms with Gasteiger partial charge in [-0.3, -0.25) is 4.68 Å². The van der Waals surface area contributed by atoms with Crippen LogP contribution in [0.3, 0.4) is 0 Å². The summed E-state index contributed by atoms with van der Waals surface area (Å²) < 4.78 is 7.70. The molecule has 0 radical (unpaired) electrons. The van der Waals surface area contributed by atoms with Gasteiger partial charge in [-0.25, -0.2) is 4.79 Å². The third kappa shape index (κ3) is 4.04. The van der Waals surface area contributed by atoms with Crippen molar-refractivity contribution in [3.8, 4) is 11.3 Å². The largest absolute Gasteiger partial charge is 0.444 e. The van der Waals surface area contributed by atoms with Gasteiger partial charge in [-0.1, -0.05) is 38.1 Å². The maximum absolute atomic E-state index is 12.6. The van der Waals surface area contributed by atoms with E-state index in [4.69, 9.17) is 9.84 Å². The minimum absolute atomic E-state index is 0.0879. The molecule has 1 aromatic heterocycles. The first kappa shape index (κ1) is 20.0. The van der Waals surface area contributed by atoms with Crippen molar-refractivity contribution in [3.05, 3.63) is 41.1 Å². The van der Waals surface area contributed by atoms with Crippen molar-refractivity contribution in [2.75, 3.05) is 19.6 Å². The lowest BCUT2D eigenvalue weighted by Gasteiger charge is -2.30.